The maximum atomic E-state index is 13.2. The Morgan fingerprint density at radius 2 is 1.59 bits per heavy atom. The first-order valence-corrected chi connectivity index (χ1v) is 12.8. The highest BCUT2D eigenvalue weighted by atomic mass is 35.5. The molecule has 3 aromatic carbocycles. The Labute approximate surface area is 204 Å². The van der Waals surface area contributed by atoms with Gasteiger partial charge in [0.15, 0.2) is 5.78 Å². The summed E-state index contributed by atoms with van der Waals surface area (Å²) in [6.07, 6.45) is 1.75. The molecule has 6 nitrogen and oxygen atoms in total. The SMILES string of the molecule is C[C@H]1CCCN(S(=O)(=O)c2cc(C(=O)Oc3ccc(C(=O)c4ccccc4)cc3)ccc2Cl)C1. The maximum absolute atomic E-state index is 13.2. The van der Waals surface area contributed by atoms with E-state index in [0.717, 1.165) is 12.8 Å². The van der Waals surface area contributed by atoms with Crippen molar-refractivity contribution in [3.8, 4) is 5.75 Å². The van der Waals surface area contributed by atoms with Crippen LogP contribution in [0.25, 0.3) is 0 Å². The second-order valence-corrected chi connectivity index (χ2v) is 10.7. The van der Waals surface area contributed by atoms with Gasteiger partial charge >= 0.3 is 5.97 Å². The molecule has 1 heterocycles. The first-order valence-electron chi connectivity index (χ1n) is 11.0. The molecule has 4 rings (SSSR count). The number of ether oxygens (including phenoxy) is 1. The van der Waals surface area contributed by atoms with Gasteiger partial charge in [0.1, 0.15) is 10.6 Å². The van der Waals surface area contributed by atoms with Gasteiger partial charge in [-0.1, -0.05) is 48.9 Å². The molecule has 0 amide bonds. The third-order valence-corrected chi connectivity index (χ3v) is 8.11. The Bertz CT molecular complexity index is 1310. The van der Waals surface area contributed by atoms with Crippen molar-refractivity contribution in [1.29, 1.82) is 0 Å². The molecule has 0 bridgehead atoms. The van der Waals surface area contributed by atoms with Crippen LogP contribution in [0, 0.1) is 5.92 Å². The molecule has 1 atom stereocenters. The van der Waals surface area contributed by atoms with Crippen molar-refractivity contribution in [2.75, 3.05) is 13.1 Å². The summed E-state index contributed by atoms with van der Waals surface area (Å²) in [6.45, 7) is 2.85. The molecule has 0 unspecified atom stereocenters. The number of carbonyl (C=O) groups is 2. The van der Waals surface area contributed by atoms with E-state index in [2.05, 4.69) is 0 Å². The molecule has 1 saturated heterocycles. The molecule has 1 fully saturated rings. The van der Waals surface area contributed by atoms with Crippen LogP contribution < -0.4 is 4.74 Å². The molecule has 0 saturated carbocycles. The second-order valence-electron chi connectivity index (χ2n) is 8.36. The van der Waals surface area contributed by atoms with E-state index in [9.17, 15) is 18.0 Å². The highest BCUT2D eigenvalue weighted by molar-refractivity contribution is 7.89. The van der Waals surface area contributed by atoms with E-state index in [1.54, 1.807) is 36.4 Å². The zero-order valence-corrected chi connectivity index (χ0v) is 20.2. The van der Waals surface area contributed by atoms with Gasteiger partial charge in [-0.2, -0.15) is 4.31 Å². The van der Waals surface area contributed by atoms with Crippen molar-refractivity contribution in [3.05, 3.63) is 94.5 Å². The number of esters is 1. The van der Waals surface area contributed by atoms with Gasteiger partial charge in [0.2, 0.25) is 10.0 Å². The van der Waals surface area contributed by atoms with Gasteiger partial charge in [0, 0.05) is 24.2 Å². The molecule has 176 valence electrons. The van der Waals surface area contributed by atoms with Gasteiger partial charge in [-0.15, -0.1) is 0 Å². The zero-order chi connectivity index (χ0) is 24.3. The van der Waals surface area contributed by atoms with Gasteiger partial charge in [0.05, 0.1) is 10.6 Å². The quantitative estimate of drug-likeness (QED) is 0.265. The highest BCUT2D eigenvalue weighted by Crippen LogP contribution is 2.29. The number of ketones is 1. The Morgan fingerprint density at radius 3 is 2.26 bits per heavy atom. The largest absolute Gasteiger partial charge is 0.423 e. The molecule has 0 aromatic heterocycles. The second kappa shape index (κ2) is 10.1. The molecule has 3 aromatic rings. The predicted molar refractivity (Wildman–Crippen MR) is 130 cm³/mol. The fraction of sp³-hybridized carbons (Fsp3) is 0.231. The molecule has 8 heteroatoms. The Hall–Kier alpha value is -3.00. The monoisotopic (exact) mass is 497 g/mol. The number of hydrogen-bond donors (Lipinski definition) is 0. The van der Waals surface area contributed by atoms with Gasteiger partial charge in [0.25, 0.3) is 0 Å². The van der Waals surface area contributed by atoms with E-state index in [-0.39, 0.29) is 32.9 Å². The summed E-state index contributed by atoms with van der Waals surface area (Å²) in [5.41, 5.74) is 1.09. The standard InChI is InChI=1S/C26H24ClNO5S/c1-18-6-5-15-28(17-18)34(31,32)24-16-21(11-14-23(24)27)26(30)33-22-12-9-20(10-13-22)25(29)19-7-3-2-4-8-19/h2-4,7-14,16,18H,5-6,15,17H2,1H3/t18-/m0/s1. The normalized spacial score (nSPS) is 16.7. The van der Waals surface area contributed by atoms with Crippen molar-refractivity contribution in [2.24, 2.45) is 5.92 Å². The van der Waals surface area contributed by atoms with E-state index >= 15 is 0 Å². The van der Waals surface area contributed by atoms with Gasteiger partial charge in [-0.05, 0) is 61.2 Å². The summed E-state index contributed by atoms with van der Waals surface area (Å²) in [5.74, 6) is -0.369. The highest BCUT2D eigenvalue weighted by Gasteiger charge is 2.31. The number of rotatable bonds is 6. The van der Waals surface area contributed by atoms with Crippen molar-refractivity contribution >= 4 is 33.4 Å². The summed E-state index contributed by atoms with van der Waals surface area (Å²) in [6, 6.07) is 19.1. The van der Waals surface area contributed by atoms with Crippen LogP contribution >= 0.6 is 11.6 Å². The lowest BCUT2D eigenvalue weighted by molar-refractivity contribution is 0.0734. The van der Waals surface area contributed by atoms with Gasteiger partial charge < -0.3 is 4.74 Å². The first-order chi connectivity index (χ1) is 16.3. The van der Waals surface area contributed by atoms with E-state index in [1.807, 2.05) is 13.0 Å². The number of benzene rings is 3. The topological polar surface area (TPSA) is 80.8 Å². The minimum atomic E-state index is -3.84. The first kappa shape index (κ1) is 24.1. The van der Waals surface area contributed by atoms with Crippen molar-refractivity contribution < 1.29 is 22.7 Å². The van der Waals surface area contributed by atoms with Crippen molar-refractivity contribution in [3.63, 3.8) is 0 Å². The Balaban J connectivity index is 1.51. The number of halogens is 1. The Kier molecular flexibility index (Phi) is 7.16. The summed E-state index contributed by atoms with van der Waals surface area (Å²) >= 11 is 6.21. The molecule has 1 aliphatic rings. The van der Waals surface area contributed by atoms with Crippen LogP contribution in [-0.4, -0.2) is 37.6 Å². The average molecular weight is 498 g/mol. The van der Waals surface area contributed by atoms with Crippen LogP contribution in [-0.2, 0) is 10.0 Å². The third-order valence-electron chi connectivity index (χ3n) is 5.77. The average Bonchev–Trinajstić information content (AvgIpc) is 2.84. The van der Waals surface area contributed by atoms with Crippen molar-refractivity contribution in [1.82, 2.24) is 4.31 Å². The number of nitrogens with zero attached hydrogens (tertiary/aromatic N) is 1. The number of hydrogen-bond acceptors (Lipinski definition) is 5. The number of piperidine rings is 1. The Morgan fingerprint density at radius 1 is 0.941 bits per heavy atom. The molecule has 0 spiro atoms. The van der Waals surface area contributed by atoms with Crippen LogP contribution in [0.2, 0.25) is 5.02 Å². The lowest BCUT2D eigenvalue weighted by atomic mass is 10.0. The smallest absolute Gasteiger partial charge is 0.343 e. The minimum absolute atomic E-state index is 0.0542. The zero-order valence-electron chi connectivity index (χ0n) is 18.6. The van der Waals surface area contributed by atoms with Crippen LogP contribution in [0.1, 0.15) is 46.0 Å². The summed E-state index contributed by atoms with van der Waals surface area (Å²) in [5, 5.41) is 0.0542. The van der Waals surface area contributed by atoms with E-state index < -0.39 is 16.0 Å². The van der Waals surface area contributed by atoms with Gasteiger partial charge in [-0.3, -0.25) is 4.79 Å². The van der Waals surface area contributed by atoms with Crippen LogP contribution in [0.4, 0.5) is 0 Å². The number of sulfonamides is 1. The summed E-state index contributed by atoms with van der Waals surface area (Å²) in [7, 11) is -3.84. The minimum Gasteiger partial charge on any atom is -0.423 e. The molecule has 1 aliphatic heterocycles. The lowest BCUT2D eigenvalue weighted by Crippen LogP contribution is -2.39. The molecule has 34 heavy (non-hydrogen) atoms. The van der Waals surface area contributed by atoms with Crippen LogP contribution in [0.3, 0.4) is 0 Å². The molecule has 0 N–H and O–H groups in total. The third kappa shape index (κ3) is 5.22. The molecular formula is C26H24ClNO5S. The van der Waals surface area contributed by atoms with Crippen LogP contribution in [0.15, 0.2) is 77.7 Å². The maximum Gasteiger partial charge on any atom is 0.343 e. The lowest BCUT2D eigenvalue weighted by Gasteiger charge is -2.30. The van der Waals surface area contributed by atoms with E-state index in [1.165, 1.54) is 34.6 Å². The summed E-state index contributed by atoms with van der Waals surface area (Å²) < 4.78 is 33.2. The summed E-state index contributed by atoms with van der Waals surface area (Å²) in [4.78, 5) is 25.2. The van der Waals surface area contributed by atoms with Crippen molar-refractivity contribution in [2.45, 2.75) is 24.7 Å². The molecule has 0 aliphatic carbocycles. The number of carbonyl (C=O) groups excluding carboxylic acids is 2. The van der Waals surface area contributed by atoms with Gasteiger partial charge in [-0.25, -0.2) is 13.2 Å². The predicted octanol–water partition coefficient (Wildman–Crippen LogP) is 5.21. The van der Waals surface area contributed by atoms with E-state index in [4.69, 9.17) is 16.3 Å². The van der Waals surface area contributed by atoms with Crippen LogP contribution in [0.5, 0.6) is 5.75 Å². The molecular weight excluding hydrogens is 474 g/mol. The fourth-order valence-electron chi connectivity index (χ4n) is 3.93. The van der Waals surface area contributed by atoms with E-state index in [0.29, 0.717) is 24.2 Å². The molecule has 0 radical (unpaired) electrons. The fourth-order valence-corrected chi connectivity index (χ4v) is 6.03.